The molecule has 1 saturated carbocycles. The molecule has 212 valence electrons. The summed E-state index contributed by atoms with van der Waals surface area (Å²) in [6.07, 6.45) is 1.60. The maximum absolute atomic E-state index is 13.8. The minimum Gasteiger partial charge on any atom is -0.351 e. The van der Waals surface area contributed by atoms with Crippen LogP contribution in [0.3, 0.4) is 0 Å². The number of aromatic amines is 1. The summed E-state index contributed by atoms with van der Waals surface area (Å²) < 4.78 is 13.8. The van der Waals surface area contributed by atoms with E-state index < -0.39 is 18.3 Å². The zero-order chi connectivity index (χ0) is 28.0. The summed E-state index contributed by atoms with van der Waals surface area (Å²) in [7, 11) is 1.92. The molecular formula is C28H32ClFN6O3S. The average Bonchev–Trinajstić information content (AvgIpc) is 3.68. The highest BCUT2D eigenvalue weighted by molar-refractivity contribution is 7.10. The summed E-state index contributed by atoms with van der Waals surface area (Å²) in [5.74, 6) is -0.880. The van der Waals surface area contributed by atoms with Crippen LogP contribution in [0, 0.1) is 5.92 Å². The fourth-order valence-corrected chi connectivity index (χ4v) is 7.44. The number of aromatic nitrogens is 2. The van der Waals surface area contributed by atoms with Crippen molar-refractivity contribution in [2.24, 2.45) is 5.92 Å². The molecule has 3 aliphatic rings. The Morgan fingerprint density at radius 1 is 1.12 bits per heavy atom. The topological polar surface area (TPSA) is 110 Å². The molecule has 12 heteroatoms. The van der Waals surface area contributed by atoms with Crippen LogP contribution in [0.1, 0.15) is 52.8 Å². The maximum atomic E-state index is 13.8. The van der Waals surface area contributed by atoms with Gasteiger partial charge < -0.3 is 20.5 Å². The number of nitrogens with zero attached hydrogens (tertiary/aromatic N) is 3. The van der Waals surface area contributed by atoms with Crippen molar-refractivity contribution in [2.45, 2.75) is 56.4 Å². The Labute approximate surface area is 240 Å². The monoisotopic (exact) mass is 586 g/mol. The molecule has 6 rings (SSSR count). The molecule has 1 unspecified atom stereocenters. The number of hydrogen-bond donors (Lipinski definition) is 3. The predicted molar refractivity (Wildman–Crippen MR) is 151 cm³/mol. The summed E-state index contributed by atoms with van der Waals surface area (Å²) in [4.78, 5) is 52.4. The van der Waals surface area contributed by atoms with Crippen molar-refractivity contribution in [1.82, 2.24) is 30.4 Å². The van der Waals surface area contributed by atoms with Crippen molar-refractivity contribution >= 4 is 51.6 Å². The summed E-state index contributed by atoms with van der Waals surface area (Å²) in [6, 6.07) is 5.80. The third-order valence-electron chi connectivity index (χ3n) is 8.42. The first-order valence-corrected chi connectivity index (χ1v) is 15.0. The van der Waals surface area contributed by atoms with E-state index in [4.69, 9.17) is 11.6 Å². The van der Waals surface area contributed by atoms with Crippen molar-refractivity contribution in [3.63, 3.8) is 0 Å². The molecule has 3 aromatic rings. The van der Waals surface area contributed by atoms with Crippen molar-refractivity contribution in [1.29, 1.82) is 0 Å². The Hall–Kier alpha value is -3.02. The van der Waals surface area contributed by atoms with Gasteiger partial charge in [0.1, 0.15) is 17.9 Å². The quantitative estimate of drug-likeness (QED) is 0.424. The summed E-state index contributed by atoms with van der Waals surface area (Å²) >= 11 is 7.58. The molecule has 2 aliphatic heterocycles. The molecule has 0 spiro atoms. The Balaban J connectivity index is 1.21. The van der Waals surface area contributed by atoms with Gasteiger partial charge in [-0.25, -0.2) is 9.37 Å². The predicted octanol–water partition coefficient (Wildman–Crippen LogP) is 3.46. The molecule has 0 bridgehead atoms. The van der Waals surface area contributed by atoms with Crippen LogP contribution in [0.4, 0.5) is 4.39 Å². The number of halogens is 2. The van der Waals surface area contributed by atoms with E-state index in [1.54, 1.807) is 28.6 Å². The number of benzene rings is 1. The lowest BCUT2D eigenvalue weighted by Gasteiger charge is -2.39. The molecule has 1 saturated heterocycles. The Bertz CT molecular complexity index is 1440. The third-order valence-corrected chi connectivity index (χ3v) is 9.58. The number of alkyl halides is 1. The number of thiazole rings is 1. The van der Waals surface area contributed by atoms with Gasteiger partial charge in [-0.15, -0.1) is 11.3 Å². The molecule has 1 aliphatic carbocycles. The van der Waals surface area contributed by atoms with Gasteiger partial charge in [0.2, 0.25) is 11.8 Å². The number of fused-ring (bicyclic) bond motifs is 2. The fraction of sp³-hybridized carbons (Fsp3) is 0.500. The van der Waals surface area contributed by atoms with Crippen LogP contribution < -0.4 is 10.6 Å². The number of likely N-dealkylation sites (N-methyl/N-ethyl adjacent to an activating group) is 1. The highest BCUT2D eigenvalue weighted by Gasteiger charge is 2.41. The van der Waals surface area contributed by atoms with Gasteiger partial charge in [0.25, 0.3) is 5.91 Å². The minimum absolute atomic E-state index is 0.0730. The van der Waals surface area contributed by atoms with Crippen molar-refractivity contribution in [3.05, 3.63) is 51.1 Å². The molecule has 3 amide bonds. The molecule has 2 aromatic heterocycles. The van der Waals surface area contributed by atoms with Gasteiger partial charge in [0.05, 0.1) is 22.6 Å². The van der Waals surface area contributed by atoms with Crippen molar-refractivity contribution < 1.29 is 18.8 Å². The van der Waals surface area contributed by atoms with E-state index in [2.05, 4.69) is 20.6 Å². The van der Waals surface area contributed by atoms with Crippen LogP contribution in [-0.2, 0) is 16.0 Å². The zero-order valence-electron chi connectivity index (χ0n) is 22.2. The molecule has 40 heavy (non-hydrogen) atoms. The minimum atomic E-state index is -0.989. The highest BCUT2D eigenvalue weighted by atomic mass is 35.5. The second kappa shape index (κ2) is 11.1. The third kappa shape index (κ3) is 5.34. The summed E-state index contributed by atoms with van der Waals surface area (Å²) in [6.45, 7) is 1.25. The number of nitrogens with one attached hydrogen (secondary N) is 3. The van der Waals surface area contributed by atoms with E-state index in [1.807, 2.05) is 18.0 Å². The lowest BCUT2D eigenvalue weighted by molar-refractivity contribution is -0.137. The van der Waals surface area contributed by atoms with E-state index >= 15 is 0 Å². The molecule has 9 nitrogen and oxygen atoms in total. The molecule has 5 atom stereocenters. The van der Waals surface area contributed by atoms with Crippen LogP contribution in [0.2, 0.25) is 5.02 Å². The van der Waals surface area contributed by atoms with E-state index in [0.29, 0.717) is 49.5 Å². The molecule has 1 aromatic carbocycles. The molecule has 4 heterocycles. The zero-order valence-corrected chi connectivity index (χ0v) is 23.7. The van der Waals surface area contributed by atoms with Crippen LogP contribution in [0.25, 0.3) is 10.9 Å². The van der Waals surface area contributed by atoms with Crippen molar-refractivity contribution in [2.75, 3.05) is 26.7 Å². The average molecular weight is 587 g/mol. The van der Waals surface area contributed by atoms with E-state index in [9.17, 15) is 18.8 Å². The number of H-pyrrole nitrogens is 1. The van der Waals surface area contributed by atoms with Gasteiger partial charge in [0.15, 0.2) is 0 Å². The molecular weight excluding hydrogens is 555 g/mol. The largest absolute Gasteiger partial charge is 0.351 e. The van der Waals surface area contributed by atoms with Crippen LogP contribution in [0.5, 0.6) is 0 Å². The maximum Gasteiger partial charge on any atom is 0.268 e. The van der Waals surface area contributed by atoms with Gasteiger partial charge >= 0.3 is 0 Å². The Morgan fingerprint density at radius 3 is 2.77 bits per heavy atom. The number of likely N-dealkylation sites (tertiary alicyclic amines) is 1. The number of carbonyl (C=O) groups is 3. The summed E-state index contributed by atoms with van der Waals surface area (Å²) in [5.41, 5.74) is 3.90. The van der Waals surface area contributed by atoms with Crippen LogP contribution in [0.15, 0.2) is 29.8 Å². The second-order valence-electron chi connectivity index (χ2n) is 11.1. The Morgan fingerprint density at radius 2 is 1.98 bits per heavy atom. The lowest BCUT2D eigenvalue weighted by Crippen LogP contribution is -2.57. The SMILES string of the molecule is CN1CCc2ncsc2C1C(=O)N[C@@H]1C[C@@H](C(=O)N2CC[C@H](F)C2)CC[C@@H]1NC(=O)c1cc2cc(Cl)ccc2[nH]1. The first-order valence-electron chi connectivity index (χ1n) is 13.7. The number of carbonyl (C=O) groups excluding carboxylic acids is 3. The van der Waals surface area contributed by atoms with E-state index in [1.165, 1.54) is 11.3 Å². The van der Waals surface area contributed by atoms with Gasteiger partial charge in [-0.3, -0.25) is 19.3 Å². The lowest BCUT2D eigenvalue weighted by atomic mass is 9.81. The first-order chi connectivity index (χ1) is 19.3. The van der Waals surface area contributed by atoms with E-state index in [0.717, 1.165) is 27.9 Å². The molecule has 3 N–H and O–H groups in total. The molecule has 2 fully saturated rings. The molecule has 0 radical (unpaired) electrons. The van der Waals surface area contributed by atoms with Gasteiger partial charge in [-0.1, -0.05) is 11.6 Å². The van der Waals surface area contributed by atoms with Crippen LogP contribution in [-0.4, -0.2) is 82.4 Å². The number of hydrogen-bond acceptors (Lipinski definition) is 6. The van der Waals surface area contributed by atoms with E-state index in [-0.39, 0.29) is 36.2 Å². The van der Waals surface area contributed by atoms with Gasteiger partial charge in [0, 0.05) is 53.4 Å². The number of amides is 3. The van der Waals surface area contributed by atoms with Gasteiger partial charge in [-0.05, 0) is 57.0 Å². The second-order valence-corrected chi connectivity index (χ2v) is 12.4. The highest BCUT2D eigenvalue weighted by Crippen LogP contribution is 2.33. The number of rotatable bonds is 5. The standard InChI is InChI=1S/C28H32ClFN6O3S/c1-35-8-7-21-25(40-14-31-21)24(35)27(38)34-22-11-15(28(39)36-9-6-18(30)13-36)2-4-20(22)33-26(37)23-12-16-10-17(29)3-5-19(16)32-23/h3,5,10,12,14-15,18,20,22,24,32H,2,4,6-9,11,13H2,1H3,(H,33,37)(H,34,38)/t15-,18-,20-,22+,24?/m0/s1. The smallest absolute Gasteiger partial charge is 0.268 e. The van der Waals surface area contributed by atoms with Gasteiger partial charge in [-0.2, -0.15) is 0 Å². The first kappa shape index (κ1) is 27.2. The van der Waals surface area contributed by atoms with Crippen LogP contribution >= 0.6 is 22.9 Å². The fourth-order valence-electron chi connectivity index (χ4n) is 6.26. The Kier molecular flexibility index (Phi) is 7.54. The normalized spacial score (nSPS) is 27.0. The van der Waals surface area contributed by atoms with Crippen molar-refractivity contribution in [3.8, 4) is 0 Å². The summed E-state index contributed by atoms with van der Waals surface area (Å²) in [5, 5.41) is 7.70.